The van der Waals surface area contributed by atoms with Crippen molar-refractivity contribution in [1.29, 1.82) is 0 Å². The van der Waals surface area contributed by atoms with Gasteiger partial charge >= 0.3 is 17.9 Å². The third-order valence-corrected chi connectivity index (χ3v) is 10.2. The van der Waals surface area contributed by atoms with Gasteiger partial charge in [-0.05, 0) is 116 Å². The smallest absolute Gasteiger partial charge is 0.310 e. The molecule has 0 bridgehead atoms. The summed E-state index contributed by atoms with van der Waals surface area (Å²) in [5.41, 5.74) is 0. The van der Waals surface area contributed by atoms with E-state index < -0.39 is 12.1 Å². The second-order valence-corrected chi connectivity index (χ2v) is 16.7. The lowest BCUT2D eigenvalue weighted by Gasteiger charge is -2.18. The molecule has 0 aromatic rings. The van der Waals surface area contributed by atoms with E-state index in [4.69, 9.17) is 14.2 Å². The maximum Gasteiger partial charge on any atom is 0.310 e. The van der Waals surface area contributed by atoms with Gasteiger partial charge in [0, 0.05) is 12.8 Å². The number of rotatable bonds is 45. The fourth-order valence-electron chi connectivity index (χ4n) is 6.33. The first-order valence-corrected chi connectivity index (χ1v) is 26.6. The molecule has 6 nitrogen and oxygen atoms in total. The third kappa shape index (κ3) is 53.6. The largest absolute Gasteiger partial charge is 0.462 e. The van der Waals surface area contributed by atoms with Crippen LogP contribution in [-0.2, 0) is 28.6 Å². The van der Waals surface area contributed by atoms with Crippen LogP contribution in [0.4, 0.5) is 0 Å². The summed E-state index contributed by atoms with van der Waals surface area (Å²) in [4.78, 5) is 37.6. The molecule has 0 amide bonds. The number of hydrogen-bond acceptors (Lipinski definition) is 6. The topological polar surface area (TPSA) is 78.9 Å². The minimum atomic E-state index is -0.850. The lowest BCUT2D eigenvalue weighted by molar-refractivity contribution is -0.166. The molecule has 382 valence electrons. The van der Waals surface area contributed by atoms with Gasteiger partial charge in [0.2, 0.25) is 0 Å². The van der Waals surface area contributed by atoms with Crippen molar-refractivity contribution in [2.45, 2.75) is 194 Å². The number of allylic oxidation sites excluding steroid dienone is 27. The first-order chi connectivity index (χ1) is 34.0. The molecular weight excluding hydrogens is 853 g/mol. The van der Waals surface area contributed by atoms with Crippen LogP contribution in [0.5, 0.6) is 0 Å². The van der Waals surface area contributed by atoms with Crippen molar-refractivity contribution < 1.29 is 28.6 Å². The second kappa shape index (κ2) is 55.4. The number of carbonyl (C=O) groups excluding carboxylic acids is 3. The molecule has 0 aliphatic heterocycles. The third-order valence-electron chi connectivity index (χ3n) is 10.2. The van der Waals surface area contributed by atoms with E-state index in [1.54, 1.807) is 6.08 Å². The van der Waals surface area contributed by atoms with Crippen LogP contribution in [0.1, 0.15) is 188 Å². The average Bonchev–Trinajstić information content (AvgIpc) is 3.35. The lowest BCUT2D eigenvalue weighted by atomic mass is 10.1. The molecule has 1 atom stereocenters. The summed E-state index contributed by atoms with van der Waals surface area (Å²) in [6, 6.07) is 0. The summed E-state index contributed by atoms with van der Waals surface area (Å²) < 4.78 is 16.5. The summed E-state index contributed by atoms with van der Waals surface area (Å²) in [6.45, 7) is 6.17. The molecule has 0 rings (SSSR count). The van der Waals surface area contributed by atoms with Crippen molar-refractivity contribution in [2.75, 3.05) is 13.2 Å². The number of esters is 3. The van der Waals surface area contributed by atoms with Crippen molar-refractivity contribution in [2.24, 2.45) is 0 Å². The molecule has 0 spiro atoms. The van der Waals surface area contributed by atoms with Gasteiger partial charge in [0.1, 0.15) is 13.2 Å². The van der Waals surface area contributed by atoms with Gasteiger partial charge in [-0.25, -0.2) is 0 Å². The molecule has 0 heterocycles. The molecular formula is C63H94O6. The maximum absolute atomic E-state index is 12.7. The second-order valence-electron chi connectivity index (χ2n) is 16.7. The Balaban J connectivity index is 4.30. The van der Waals surface area contributed by atoms with Gasteiger partial charge in [-0.2, -0.15) is 0 Å². The quantitative estimate of drug-likeness (QED) is 0.0262. The van der Waals surface area contributed by atoms with E-state index in [0.717, 1.165) is 141 Å². The molecule has 0 aromatic heterocycles. The Bertz CT molecular complexity index is 1650. The predicted octanol–water partition coefficient (Wildman–Crippen LogP) is 18.0. The molecule has 0 aliphatic carbocycles. The first-order valence-electron chi connectivity index (χ1n) is 26.6. The van der Waals surface area contributed by atoms with Crippen LogP contribution >= 0.6 is 0 Å². The van der Waals surface area contributed by atoms with Crippen LogP contribution in [0, 0.1) is 0 Å². The molecule has 0 radical (unpaired) electrons. The van der Waals surface area contributed by atoms with E-state index in [1.165, 1.54) is 0 Å². The Morgan fingerprint density at radius 3 is 0.942 bits per heavy atom. The Hall–Kier alpha value is -5.23. The molecule has 69 heavy (non-hydrogen) atoms. The minimum absolute atomic E-state index is 0.0811. The Kier molecular flexibility index (Phi) is 51.2. The van der Waals surface area contributed by atoms with Gasteiger partial charge in [-0.3, -0.25) is 14.4 Å². The highest BCUT2D eigenvalue weighted by Crippen LogP contribution is 2.10. The van der Waals surface area contributed by atoms with Crippen LogP contribution in [0.15, 0.2) is 170 Å². The number of carbonyl (C=O) groups is 3. The first kappa shape index (κ1) is 63.8. The highest BCUT2D eigenvalue weighted by molar-refractivity contribution is 5.72. The van der Waals surface area contributed by atoms with Gasteiger partial charge in [-0.15, -0.1) is 0 Å². The zero-order chi connectivity index (χ0) is 50.0. The number of unbranched alkanes of at least 4 members (excludes halogenated alkanes) is 7. The zero-order valence-corrected chi connectivity index (χ0v) is 43.5. The summed E-state index contributed by atoms with van der Waals surface area (Å²) >= 11 is 0. The SMILES string of the molecule is CC/C=C\C/C=C\C/C=C\C/C=C\C/C=C\C/C=C\C/C=C\C/C=C\C/C=C\CCCCCC(=O)OCC(COC(=O)CCCCCCC)OC(=O)C/C=C\C/C=C\C/C=C\C/C=C\C/C=C\CC. The van der Waals surface area contributed by atoms with Crippen LogP contribution in [0.3, 0.4) is 0 Å². The monoisotopic (exact) mass is 947 g/mol. The van der Waals surface area contributed by atoms with Crippen molar-refractivity contribution in [3.63, 3.8) is 0 Å². The Labute approximate surface area is 422 Å². The zero-order valence-electron chi connectivity index (χ0n) is 43.5. The highest BCUT2D eigenvalue weighted by atomic mass is 16.6. The molecule has 0 aliphatic rings. The summed E-state index contributed by atoms with van der Waals surface area (Å²) in [6.07, 6.45) is 82.7. The maximum atomic E-state index is 12.7. The van der Waals surface area contributed by atoms with E-state index >= 15 is 0 Å². The van der Waals surface area contributed by atoms with E-state index in [9.17, 15) is 14.4 Å². The van der Waals surface area contributed by atoms with Crippen molar-refractivity contribution in [1.82, 2.24) is 0 Å². The van der Waals surface area contributed by atoms with Crippen LogP contribution < -0.4 is 0 Å². The van der Waals surface area contributed by atoms with E-state index in [-0.39, 0.29) is 38.0 Å². The van der Waals surface area contributed by atoms with Crippen LogP contribution in [-0.4, -0.2) is 37.2 Å². The van der Waals surface area contributed by atoms with Crippen molar-refractivity contribution in [3.05, 3.63) is 170 Å². The fourth-order valence-corrected chi connectivity index (χ4v) is 6.33. The number of hydrogen-bond donors (Lipinski definition) is 0. The van der Waals surface area contributed by atoms with E-state index in [2.05, 4.69) is 179 Å². The Morgan fingerprint density at radius 1 is 0.319 bits per heavy atom. The number of ether oxygens (including phenoxy) is 3. The predicted molar refractivity (Wildman–Crippen MR) is 297 cm³/mol. The van der Waals surface area contributed by atoms with E-state index in [0.29, 0.717) is 12.8 Å². The Morgan fingerprint density at radius 2 is 0.609 bits per heavy atom. The molecule has 0 N–H and O–H groups in total. The highest BCUT2D eigenvalue weighted by Gasteiger charge is 2.19. The van der Waals surface area contributed by atoms with Gasteiger partial charge in [0.15, 0.2) is 6.10 Å². The molecule has 0 aromatic carbocycles. The summed E-state index contributed by atoms with van der Waals surface area (Å²) in [5, 5.41) is 0. The van der Waals surface area contributed by atoms with Crippen LogP contribution in [0.25, 0.3) is 0 Å². The normalized spacial score (nSPS) is 13.5. The van der Waals surface area contributed by atoms with Gasteiger partial charge in [0.25, 0.3) is 0 Å². The van der Waals surface area contributed by atoms with Gasteiger partial charge in [0.05, 0.1) is 6.42 Å². The van der Waals surface area contributed by atoms with E-state index in [1.807, 2.05) is 6.08 Å². The van der Waals surface area contributed by atoms with Crippen LogP contribution in [0.2, 0.25) is 0 Å². The molecule has 0 saturated heterocycles. The fraction of sp³-hybridized carbons (Fsp3) is 0.508. The molecule has 1 unspecified atom stereocenters. The van der Waals surface area contributed by atoms with Gasteiger partial charge < -0.3 is 14.2 Å². The average molecular weight is 947 g/mol. The summed E-state index contributed by atoms with van der Waals surface area (Å²) in [5.74, 6) is -1.13. The summed E-state index contributed by atoms with van der Waals surface area (Å²) in [7, 11) is 0. The minimum Gasteiger partial charge on any atom is -0.462 e. The standard InChI is InChI=1S/C63H94O6/c1-4-7-10-13-15-17-19-21-23-24-25-26-27-28-29-30-31-32-33-34-35-36-37-38-40-41-43-45-47-50-53-56-62(65)68-59-60(58-67-61(64)55-52-49-12-9-6-3)69-63(66)57-54-51-48-46-44-42-39-22-20-18-16-14-11-8-5-2/h7-8,10-11,15-18,21-23,25-26,28-29,31-32,34-35,37-39,41,43-44,46,51,54,60H,4-6,9,12-14,19-20,24,27,30,33,36,40,42,45,47-50,52-53,55-59H2,1-3H3/b10-7-,11-8-,17-15-,18-16-,23-21-,26-25-,29-28-,32-31-,35-34-,38-37-,39-22-,43-41-,46-44-,54-51-. The molecule has 0 saturated carbocycles. The molecule has 0 fully saturated rings. The van der Waals surface area contributed by atoms with Gasteiger partial charge in [-0.1, -0.05) is 223 Å². The van der Waals surface area contributed by atoms with Crippen molar-refractivity contribution in [3.8, 4) is 0 Å². The lowest BCUT2D eigenvalue weighted by Crippen LogP contribution is -2.30. The van der Waals surface area contributed by atoms with Crippen molar-refractivity contribution >= 4 is 17.9 Å². The molecule has 6 heteroatoms.